The van der Waals surface area contributed by atoms with Gasteiger partial charge in [-0.05, 0) is 25.0 Å². The number of phenolic OH excluding ortho intramolecular Hbond substituents is 1. The van der Waals surface area contributed by atoms with Crippen LogP contribution in [0.15, 0.2) is 23.4 Å². The highest BCUT2D eigenvalue weighted by Crippen LogP contribution is 2.25. The molecule has 0 saturated carbocycles. The average molecular weight is 253 g/mol. The van der Waals surface area contributed by atoms with Gasteiger partial charge in [0.25, 0.3) is 0 Å². The molecule has 0 aliphatic rings. The number of phenols is 1. The number of rotatable bonds is 6. The summed E-state index contributed by atoms with van der Waals surface area (Å²) in [5, 5.41) is 31.1. The predicted molar refractivity (Wildman–Crippen MR) is 68.5 cm³/mol. The van der Waals surface area contributed by atoms with E-state index in [1.54, 1.807) is 12.1 Å². The first-order valence-corrected chi connectivity index (χ1v) is 5.97. The SMILES string of the molecule is CC/C(=N\O)c1ccc(OCC(O)CC)cc1O. The minimum Gasteiger partial charge on any atom is -0.507 e. The van der Waals surface area contributed by atoms with E-state index in [1.807, 2.05) is 13.8 Å². The third kappa shape index (κ3) is 3.63. The quantitative estimate of drug-likeness (QED) is 0.412. The normalized spacial score (nSPS) is 13.4. The molecule has 1 aromatic rings. The van der Waals surface area contributed by atoms with Gasteiger partial charge in [-0.3, -0.25) is 0 Å². The lowest BCUT2D eigenvalue weighted by molar-refractivity contribution is 0.104. The van der Waals surface area contributed by atoms with Crippen molar-refractivity contribution in [2.75, 3.05) is 6.61 Å². The highest BCUT2D eigenvalue weighted by Gasteiger charge is 2.10. The first kappa shape index (κ1) is 14.3. The number of nitrogens with zero attached hydrogens (tertiary/aromatic N) is 1. The molecule has 0 aliphatic carbocycles. The number of ether oxygens (including phenoxy) is 1. The summed E-state index contributed by atoms with van der Waals surface area (Å²) in [7, 11) is 0. The van der Waals surface area contributed by atoms with Gasteiger partial charge in [0.05, 0.1) is 11.8 Å². The van der Waals surface area contributed by atoms with E-state index in [9.17, 15) is 10.2 Å². The van der Waals surface area contributed by atoms with E-state index in [0.29, 0.717) is 29.9 Å². The van der Waals surface area contributed by atoms with E-state index < -0.39 is 6.10 Å². The monoisotopic (exact) mass is 253 g/mol. The fourth-order valence-corrected chi connectivity index (χ4v) is 1.47. The fourth-order valence-electron chi connectivity index (χ4n) is 1.47. The zero-order valence-corrected chi connectivity index (χ0v) is 10.6. The van der Waals surface area contributed by atoms with Crippen molar-refractivity contribution < 1.29 is 20.2 Å². The Labute approximate surface area is 106 Å². The summed E-state index contributed by atoms with van der Waals surface area (Å²) in [4.78, 5) is 0. The molecule has 0 amide bonds. The molecule has 0 aliphatic heterocycles. The van der Waals surface area contributed by atoms with Crippen molar-refractivity contribution in [1.82, 2.24) is 0 Å². The van der Waals surface area contributed by atoms with Crippen LogP contribution in [0.1, 0.15) is 32.3 Å². The van der Waals surface area contributed by atoms with E-state index in [2.05, 4.69) is 5.16 Å². The molecule has 1 atom stereocenters. The van der Waals surface area contributed by atoms with Gasteiger partial charge < -0.3 is 20.2 Å². The van der Waals surface area contributed by atoms with E-state index in [0.717, 1.165) is 0 Å². The highest BCUT2D eigenvalue weighted by atomic mass is 16.5. The van der Waals surface area contributed by atoms with Gasteiger partial charge in [0.15, 0.2) is 0 Å². The molecule has 5 nitrogen and oxygen atoms in total. The maximum atomic E-state index is 9.81. The second kappa shape index (κ2) is 6.86. The van der Waals surface area contributed by atoms with Crippen molar-refractivity contribution in [1.29, 1.82) is 0 Å². The van der Waals surface area contributed by atoms with Crippen LogP contribution in [0.25, 0.3) is 0 Å². The average Bonchev–Trinajstić information content (AvgIpc) is 2.39. The molecule has 5 heteroatoms. The van der Waals surface area contributed by atoms with Crippen molar-refractivity contribution in [2.45, 2.75) is 32.8 Å². The van der Waals surface area contributed by atoms with Crippen molar-refractivity contribution >= 4 is 5.71 Å². The summed E-state index contributed by atoms with van der Waals surface area (Å²) < 4.78 is 5.33. The Bertz CT molecular complexity index is 417. The summed E-state index contributed by atoms with van der Waals surface area (Å²) in [6.45, 7) is 3.88. The van der Waals surface area contributed by atoms with Gasteiger partial charge in [0.2, 0.25) is 0 Å². The van der Waals surface area contributed by atoms with Crippen LogP contribution >= 0.6 is 0 Å². The molecule has 1 rings (SSSR count). The summed E-state index contributed by atoms with van der Waals surface area (Å²) in [6.07, 6.45) is 0.608. The van der Waals surface area contributed by atoms with E-state index in [1.165, 1.54) is 6.07 Å². The molecule has 3 N–H and O–H groups in total. The molecule has 0 fully saturated rings. The number of benzene rings is 1. The van der Waals surface area contributed by atoms with Gasteiger partial charge >= 0.3 is 0 Å². The topological polar surface area (TPSA) is 82.3 Å². The smallest absolute Gasteiger partial charge is 0.128 e. The Hall–Kier alpha value is -1.75. The standard InChI is InChI=1S/C13H19NO4/c1-3-9(15)8-18-10-5-6-11(13(16)7-10)12(4-2)14-17/h5-7,9,15-17H,3-4,8H2,1-2H3/b14-12+. The maximum absolute atomic E-state index is 9.81. The number of aromatic hydroxyl groups is 1. The molecule has 0 saturated heterocycles. The van der Waals surface area contributed by atoms with Crippen LogP contribution < -0.4 is 4.74 Å². The fraction of sp³-hybridized carbons (Fsp3) is 0.462. The summed E-state index contributed by atoms with van der Waals surface area (Å²) in [5.74, 6) is 0.463. The van der Waals surface area contributed by atoms with Gasteiger partial charge in [0.1, 0.15) is 18.1 Å². The third-order valence-electron chi connectivity index (χ3n) is 2.65. The van der Waals surface area contributed by atoms with Crippen molar-refractivity contribution in [3.8, 4) is 11.5 Å². The summed E-state index contributed by atoms with van der Waals surface area (Å²) in [6, 6.07) is 4.73. The largest absolute Gasteiger partial charge is 0.507 e. The molecule has 1 aromatic carbocycles. The molecule has 0 heterocycles. The van der Waals surface area contributed by atoms with E-state index in [4.69, 9.17) is 9.94 Å². The minimum absolute atomic E-state index is 0.00635. The second-order valence-electron chi connectivity index (χ2n) is 3.95. The Morgan fingerprint density at radius 1 is 1.39 bits per heavy atom. The van der Waals surface area contributed by atoms with E-state index in [-0.39, 0.29) is 12.4 Å². The van der Waals surface area contributed by atoms with Gasteiger partial charge in [-0.15, -0.1) is 0 Å². The van der Waals surface area contributed by atoms with Gasteiger partial charge in [-0.25, -0.2) is 0 Å². The van der Waals surface area contributed by atoms with Gasteiger partial charge in [0, 0.05) is 11.6 Å². The van der Waals surface area contributed by atoms with Crippen LogP contribution in [0.3, 0.4) is 0 Å². The molecular formula is C13H19NO4. The number of aliphatic hydroxyl groups excluding tert-OH is 1. The molecule has 0 bridgehead atoms. The van der Waals surface area contributed by atoms with Crippen molar-refractivity contribution in [3.05, 3.63) is 23.8 Å². The Morgan fingerprint density at radius 2 is 2.11 bits per heavy atom. The van der Waals surface area contributed by atoms with Crippen molar-refractivity contribution in [2.24, 2.45) is 5.16 Å². The minimum atomic E-state index is -0.517. The highest BCUT2D eigenvalue weighted by molar-refractivity contribution is 6.02. The van der Waals surface area contributed by atoms with Crippen LogP contribution in [-0.2, 0) is 0 Å². The lowest BCUT2D eigenvalue weighted by Gasteiger charge is -2.12. The van der Waals surface area contributed by atoms with Gasteiger partial charge in [-0.1, -0.05) is 19.0 Å². The number of hydrogen-bond acceptors (Lipinski definition) is 5. The Kier molecular flexibility index (Phi) is 5.45. The number of aliphatic hydroxyl groups is 1. The molecular weight excluding hydrogens is 234 g/mol. The first-order chi connectivity index (χ1) is 8.62. The maximum Gasteiger partial charge on any atom is 0.128 e. The molecule has 18 heavy (non-hydrogen) atoms. The predicted octanol–water partition coefficient (Wildman–Crippen LogP) is 2.13. The van der Waals surface area contributed by atoms with Crippen LogP contribution in [0.2, 0.25) is 0 Å². The lowest BCUT2D eigenvalue weighted by Crippen LogP contribution is -2.16. The molecule has 1 unspecified atom stereocenters. The zero-order valence-electron chi connectivity index (χ0n) is 10.6. The molecule has 0 radical (unpaired) electrons. The van der Waals surface area contributed by atoms with Crippen LogP contribution in [0.4, 0.5) is 0 Å². The summed E-state index contributed by atoms with van der Waals surface area (Å²) >= 11 is 0. The molecule has 100 valence electrons. The van der Waals surface area contributed by atoms with Gasteiger partial charge in [-0.2, -0.15) is 0 Å². The number of oxime groups is 1. The Balaban J connectivity index is 2.79. The second-order valence-corrected chi connectivity index (χ2v) is 3.95. The molecule has 0 aromatic heterocycles. The first-order valence-electron chi connectivity index (χ1n) is 5.97. The summed E-state index contributed by atoms with van der Waals surface area (Å²) in [5.41, 5.74) is 0.885. The van der Waals surface area contributed by atoms with Crippen LogP contribution in [0.5, 0.6) is 11.5 Å². The van der Waals surface area contributed by atoms with Crippen molar-refractivity contribution in [3.63, 3.8) is 0 Å². The Morgan fingerprint density at radius 3 is 2.61 bits per heavy atom. The molecule has 0 spiro atoms. The van der Waals surface area contributed by atoms with Crippen LogP contribution in [-0.4, -0.2) is 33.8 Å². The van der Waals surface area contributed by atoms with E-state index >= 15 is 0 Å². The lowest BCUT2D eigenvalue weighted by atomic mass is 10.1. The third-order valence-corrected chi connectivity index (χ3v) is 2.65. The number of hydrogen-bond donors (Lipinski definition) is 3. The zero-order chi connectivity index (χ0) is 13.5. The van der Waals surface area contributed by atoms with Crippen LogP contribution in [0, 0.1) is 0 Å².